The number of sulfone groups is 1. The van der Waals surface area contributed by atoms with Gasteiger partial charge >= 0.3 is 0 Å². The molecule has 1 amide bonds. The van der Waals surface area contributed by atoms with E-state index in [2.05, 4.69) is 20.3 Å². The molecule has 1 fully saturated rings. The third-order valence-corrected chi connectivity index (χ3v) is 6.27. The Labute approximate surface area is 162 Å². The lowest BCUT2D eigenvalue weighted by Gasteiger charge is -2.25. The van der Waals surface area contributed by atoms with Gasteiger partial charge in [-0.1, -0.05) is 6.07 Å². The Morgan fingerprint density at radius 3 is 2.71 bits per heavy atom. The number of aromatic nitrogens is 4. The average molecular weight is 400 g/mol. The van der Waals surface area contributed by atoms with Crippen molar-refractivity contribution in [2.45, 2.75) is 13.5 Å². The lowest BCUT2D eigenvalue weighted by Crippen LogP contribution is -2.39. The minimum Gasteiger partial charge on any atom is -0.295 e. The van der Waals surface area contributed by atoms with E-state index in [9.17, 15) is 13.2 Å². The molecular weight excluding hydrogens is 380 g/mol. The van der Waals surface area contributed by atoms with Crippen LogP contribution in [0.15, 0.2) is 36.7 Å². The summed E-state index contributed by atoms with van der Waals surface area (Å²) in [7, 11) is -2.94. The van der Waals surface area contributed by atoms with Crippen molar-refractivity contribution in [3.8, 4) is 0 Å². The van der Waals surface area contributed by atoms with Crippen LogP contribution in [0.5, 0.6) is 0 Å². The lowest BCUT2D eigenvalue weighted by molar-refractivity contribution is 0.101. The van der Waals surface area contributed by atoms with Gasteiger partial charge in [0, 0.05) is 37.7 Å². The standard InChI is InChI=1S/C18H20N6O3S/c1-13-5-6-19-18(20-13)22-17(25)16-21-14(15-4-2-3-7-24(15)16)12-23-8-10-28(26,27)11-9-23/h2-7H,8-12H2,1H3,(H,19,20,22,25). The average Bonchev–Trinajstić information content (AvgIpc) is 3.02. The van der Waals surface area contributed by atoms with E-state index >= 15 is 0 Å². The molecule has 0 aromatic carbocycles. The molecule has 0 spiro atoms. The van der Waals surface area contributed by atoms with Crippen molar-refractivity contribution in [2.75, 3.05) is 29.9 Å². The van der Waals surface area contributed by atoms with Gasteiger partial charge in [-0.3, -0.25) is 19.4 Å². The first kappa shape index (κ1) is 18.5. The van der Waals surface area contributed by atoms with Gasteiger partial charge in [-0.2, -0.15) is 0 Å². The fraction of sp³-hybridized carbons (Fsp3) is 0.333. The van der Waals surface area contributed by atoms with Gasteiger partial charge in [-0.05, 0) is 25.1 Å². The second kappa shape index (κ2) is 7.28. The molecule has 0 aliphatic carbocycles. The Kier molecular flexibility index (Phi) is 4.82. The third kappa shape index (κ3) is 3.87. The number of anilines is 1. The summed E-state index contributed by atoms with van der Waals surface area (Å²) in [6.07, 6.45) is 3.36. The number of nitrogens with zero attached hydrogens (tertiary/aromatic N) is 5. The zero-order valence-electron chi connectivity index (χ0n) is 15.4. The van der Waals surface area contributed by atoms with Gasteiger partial charge in [0.15, 0.2) is 9.84 Å². The number of hydrogen-bond donors (Lipinski definition) is 1. The number of amides is 1. The largest absolute Gasteiger partial charge is 0.295 e. The SMILES string of the molecule is Cc1ccnc(NC(=O)c2nc(CN3CCS(=O)(=O)CC3)c3ccccn23)n1. The summed E-state index contributed by atoms with van der Waals surface area (Å²) in [6, 6.07) is 7.35. The molecule has 0 saturated carbocycles. The highest BCUT2D eigenvalue weighted by Crippen LogP contribution is 2.17. The predicted molar refractivity (Wildman–Crippen MR) is 104 cm³/mol. The maximum absolute atomic E-state index is 12.8. The van der Waals surface area contributed by atoms with E-state index in [1.807, 2.05) is 30.0 Å². The monoisotopic (exact) mass is 400 g/mol. The Bertz CT molecular complexity index is 1130. The predicted octanol–water partition coefficient (Wildman–Crippen LogP) is 0.915. The number of aryl methyl sites for hydroxylation is 1. The van der Waals surface area contributed by atoms with Gasteiger partial charge in [0.25, 0.3) is 5.91 Å². The smallest absolute Gasteiger partial charge is 0.294 e. The molecule has 1 saturated heterocycles. The van der Waals surface area contributed by atoms with Crippen molar-refractivity contribution in [3.05, 3.63) is 53.9 Å². The first-order chi connectivity index (χ1) is 13.4. The van der Waals surface area contributed by atoms with E-state index in [1.165, 1.54) is 0 Å². The van der Waals surface area contributed by atoms with Crippen molar-refractivity contribution in [1.82, 2.24) is 24.3 Å². The number of nitrogens with one attached hydrogen (secondary N) is 1. The second-order valence-corrected chi connectivity index (χ2v) is 9.05. The number of hydrogen-bond acceptors (Lipinski definition) is 7. The lowest BCUT2D eigenvalue weighted by atomic mass is 10.3. The molecule has 0 unspecified atom stereocenters. The maximum Gasteiger partial charge on any atom is 0.294 e. The molecule has 4 heterocycles. The van der Waals surface area contributed by atoms with E-state index in [0.29, 0.717) is 19.6 Å². The van der Waals surface area contributed by atoms with Crippen LogP contribution in [0.25, 0.3) is 5.52 Å². The second-order valence-electron chi connectivity index (χ2n) is 6.74. The molecule has 28 heavy (non-hydrogen) atoms. The van der Waals surface area contributed by atoms with Crippen LogP contribution < -0.4 is 5.32 Å². The normalized spacial score (nSPS) is 16.9. The topological polar surface area (TPSA) is 110 Å². The van der Waals surface area contributed by atoms with Crippen molar-refractivity contribution in [2.24, 2.45) is 0 Å². The van der Waals surface area contributed by atoms with Crippen LogP contribution in [0, 0.1) is 6.92 Å². The van der Waals surface area contributed by atoms with Crippen molar-refractivity contribution >= 4 is 27.2 Å². The molecule has 0 bridgehead atoms. The highest BCUT2D eigenvalue weighted by molar-refractivity contribution is 7.91. The number of carbonyl (C=O) groups excluding carboxylic acids is 1. The summed E-state index contributed by atoms with van der Waals surface area (Å²) in [6.45, 7) is 3.23. The Morgan fingerprint density at radius 2 is 1.96 bits per heavy atom. The van der Waals surface area contributed by atoms with Crippen LogP contribution in [-0.2, 0) is 16.4 Å². The number of pyridine rings is 1. The molecule has 1 N–H and O–H groups in total. The molecular formula is C18H20N6O3S. The van der Waals surface area contributed by atoms with Crippen molar-refractivity contribution in [3.63, 3.8) is 0 Å². The summed E-state index contributed by atoms with van der Waals surface area (Å²) in [5, 5.41) is 2.68. The van der Waals surface area contributed by atoms with Gasteiger partial charge in [-0.15, -0.1) is 0 Å². The minimum absolute atomic E-state index is 0.150. The molecule has 0 radical (unpaired) electrons. The zero-order chi connectivity index (χ0) is 19.7. The van der Waals surface area contributed by atoms with Gasteiger partial charge < -0.3 is 0 Å². The summed E-state index contributed by atoms with van der Waals surface area (Å²) >= 11 is 0. The molecule has 4 rings (SSSR count). The van der Waals surface area contributed by atoms with Crippen LogP contribution in [0.3, 0.4) is 0 Å². The number of rotatable bonds is 4. The highest BCUT2D eigenvalue weighted by Gasteiger charge is 2.24. The van der Waals surface area contributed by atoms with Crippen LogP contribution in [0.4, 0.5) is 5.95 Å². The van der Waals surface area contributed by atoms with Crippen LogP contribution in [0.1, 0.15) is 22.0 Å². The molecule has 1 aliphatic rings. The number of carbonyl (C=O) groups is 1. The first-order valence-corrected chi connectivity index (χ1v) is 10.7. The van der Waals surface area contributed by atoms with Gasteiger partial charge in [0.05, 0.1) is 22.7 Å². The van der Waals surface area contributed by atoms with E-state index in [-0.39, 0.29) is 23.3 Å². The summed E-state index contributed by atoms with van der Waals surface area (Å²) in [4.78, 5) is 27.6. The molecule has 1 aliphatic heterocycles. The van der Waals surface area contributed by atoms with Crippen LogP contribution >= 0.6 is 0 Å². The van der Waals surface area contributed by atoms with E-state index in [4.69, 9.17) is 0 Å². The van der Waals surface area contributed by atoms with Crippen molar-refractivity contribution < 1.29 is 13.2 Å². The third-order valence-electron chi connectivity index (χ3n) is 4.66. The van der Waals surface area contributed by atoms with Gasteiger partial charge in [-0.25, -0.2) is 23.4 Å². The fourth-order valence-corrected chi connectivity index (χ4v) is 4.44. The molecule has 3 aromatic heterocycles. The first-order valence-electron chi connectivity index (χ1n) is 8.91. The van der Waals surface area contributed by atoms with Crippen LogP contribution in [0.2, 0.25) is 0 Å². The summed E-state index contributed by atoms with van der Waals surface area (Å²) in [5.41, 5.74) is 2.29. The van der Waals surface area contributed by atoms with Gasteiger partial charge in [0.2, 0.25) is 11.8 Å². The molecule has 146 valence electrons. The molecule has 9 nitrogen and oxygen atoms in total. The Balaban J connectivity index is 1.60. The molecule has 3 aromatic rings. The van der Waals surface area contributed by atoms with Crippen molar-refractivity contribution in [1.29, 1.82) is 0 Å². The highest BCUT2D eigenvalue weighted by atomic mass is 32.2. The zero-order valence-corrected chi connectivity index (χ0v) is 16.2. The fourth-order valence-electron chi connectivity index (χ4n) is 3.17. The van der Waals surface area contributed by atoms with E-state index < -0.39 is 15.7 Å². The summed E-state index contributed by atoms with van der Waals surface area (Å²) < 4.78 is 25.0. The van der Waals surface area contributed by atoms with Gasteiger partial charge in [0.1, 0.15) is 0 Å². The van der Waals surface area contributed by atoms with E-state index in [1.54, 1.807) is 22.9 Å². The minimum atomic E-state index is -2.94. The Morgan fingerprint density at radius 1 is 1.18 bits per heavy atom. The molecule has 0 atom stereocenters. The van der Waals surface area contributed by atoms with Crippen LogP contribution in [-0.4, -0.2) is 63.2 Å². The quantitative estimate of drug-likeness (QED) is 0.693. The Hall–Kier alpha value is -2.85. The molecule has 10 heteroatoms. The van der Waals surface area contributed by atoms with E-state index in [0.717, 1.165) is 16.9 Å². The summed E-state index contributed by atoms with van der Waals surface area (Å²) in [5.74, 6) is 0.355. The number of imidazole rings is 1. The number of fused-ring (bicyclic) bond motifs is 1. The maximum atomic E-state index is 12.8.